The number of hydrogen-bond donors (Lipinski definition) is 2. The Hall–Kier alpha value is -1.42. The summed E-state index contributed by atoms with van der Waals surface area (Å²) in [5.41, 5.74) is 4.57. The van der Waals surface area contributed by atoms with Crippen LogP contribution in [0, 0.1) is 12.7 Å². The van der Waals surface area contributed by atoms with E-state index in [1.807, 2.05) is 18.2 Å². The van der Waals surface area contributed by atoms with E-state index in [1.165, 1.54) is 0 Å². The highest BCUT2D eigenvalue weighted by Gasteiger charge is 2.17. The quantitative estimate of drug-likeness (QED) is 0.659. The SMILES string of the molecule is Cc1cccc(C(NN)c2cccc(Cl)c2)c1F. The third kappa shape index (κ3) is 2.53. The molecular formula is C14H14ClFN2. The van der Waals surface area contributed by atoms with Crippen molar-refractivity contribution in [3.05, 3.63) is 70.0 Å². The molecule has 2 aromatic rings. The number of nitrogens with two attached hydrogens (primary N) is 1. The van der Waals surface area contributed by atoms with Gasteiger partial charge in [0, 0.05) is 10.6 Å². The Labute approximate surface area is 111 Å². The van der Waals surface area contributed by atoms with E-state index in [1.54, 1.807) is 31.2 Å². The zero-order valence-corrected chi connectivity index (χ0v) is 10.7. The lowest BCUT2D eigenvalue weighted by Gasteiger charge is -2.18. The maximum Gasteiger partial charge on any atom is 0.131 e. The lowest BCUT2D eigenvalue weighted by Crippen LogP contribution is -2.29. The summed E-state index contributed by atoms with van der Waals surface area (Å²) in [6.45, 7) is 1.73. The Morgan fingerprint density at radius 3 is 2.61 bits per heavy atom. The van der Waals surface area contributed by atoms with Crippen LogP contribution in [-0.4, -0.2) is 0 Å². The molecule has 1 atom stereocenters. The third-order valence-electron chi connectivity index (χ3n) is 2.88. The van der Waals surface area contributed by atoms with Gasteiger partial charge in [-0.15, -0.1) is 0 Å². The van der Waals surface area contributed by atoms with Gasteiger partial charge in [0.25, 0.3) is 0 Å². The van der Waals surface area contributed by atoms with Gasteiger partial charge < -0.3 is 0 Å². The van der Waals surface area contributed by atoms with E-state index in [-0.39, 0.29) is 5.82 Å². The average molecular weight is 265 g/mol. The molecule has 2 nitrogen and oxygen atoms in total. The van der Waals surface area contributed by atoms with Crippen LogP contribution in [0.3, 0.4) is 0 Å². The van der Waals surface area contributed by atoms with Crippen LogP contribution < -0.4 is 11.3 Å². The predicted octanol–water partition coefficient (Wildman–Crippen LogP) is 3.34. The molecule has 0 heterocycles. The summed E-state index contributed by atoms with van der Waals surface area (Å²) in [4.78, 5) is 0. The van der Waals surface area contributed by atoms with Gasteiger partial charge in [0.1, 0.15) is 5.82 Å². The minimum absolute atomic E-state index is 0.250. The minimum atomic E-state index is -0.413. The van der Waals surface area contributed by atoms with E-state index < -0.39 is 6.04 Å². The van der Waals surface area contributed by atoms with Crippen molar-refractivity contribution < 1.29 is 4.39 Å². The zero-order valence-electron chi connectivity index (χ0n) is 9.95. The van der Waals surface area contributed by atoms with Crippen molar-refractivity contribution in [2.24, 2.45) is 5.84 Å². The van der Waals surface area contributed by atoms with Gasteiger partial charge in [0.05, 0.1) is 6.04 Å². The van der Waals surface area contributed by atoms with Crippen LogP contribution in [0.25, 0.3) is 0 Å². The van der Waals surface area contributed by atoms with Crippen LogP contribution in [0.1, 0.15) is 22.7 Å². The monoisotopic (exact) mass is 264 g/mol. The summed E-state index contributed by atoms with van der Waals surface area (Å²) in [5, 5.41) is 0.598. The Morgan fingerprint density at radius 1 is 1.22 bits per heavy atom. The van der Waals surface area contributed by atoms with Crippen molar-refractivity contribution in [3.8, 4) is 0 Å². The highest BCUT2D eigenvalue weighted by molar-refractivity contribution is 6.30. The highest BCUT2D eigenvalue weighted by Crippen LogP contribution is 2.26. The molecule has 0 amide bonds. The molecule has 4 heteroatoms. The van der Waals surface area contributed by atoms with E-state index in [4.69, 9.17) is 17.4 Å². The van der Waals surface area contributed by atoms with Gasteiger partial charge in [-0.25, -0.2) is 9.82 Å². The van der Waals surface area contributed by atoms with Crippen LogP contribution >= 0.6 is 11.6 Å². The number of benzene rings is 2. The van der Waals surface area contributed by atoms with Gasteiger partial charge in [0.2, 0.25) is 0 Å². The molecular weight excluding hydrogens is 251 g/mol. The smallest absolute Gasteiger partial charge is 0.131 e. The molecule has 0 saturated heterocycles. The standard InChI is InChI=1S/C14H14ClFN2/c1-9-4-2-7-12(13(9)16)14(18-17)10-5-3-6-11(15)8-10/h2-8,14,18H,17H2,1H3. The molecule has 2 aromatic carbocycles. The lowest BCUT2D eigenvalue weighted by molar-refractivity contribution is 0.554. The number of halogens is 2. The lowest BCUT2D eigenvalue weighted by atomic mass is 9.97. The second-order valence-corrected chi connectivity index (χ2v) is 4.57. The van der Waals surface area contributed by atoms with Gasteiger partial charge in [0.15, 0.2) is 0 Å². The summed E-state index contributed by atoms with van der Waals surface area (Å²) in [5.74, 6) is 5.30. The number of rotatable bonds is 3. The third-order valence-corrected chi connectivity index (χ3v) is 3.12. The van der Waals surface area contributed by atoms with Crippen molar-refractivity contribution in [3.63, 3.8) is 0 Å². The van der Waals surface area contributed by atoms with Crippen molar-refractivity contribution in [1.82, 2.24) is 5.43 Å². The summed E-state index contributed by atoms with van der Waals surface area (Å²) in [6.07, 6.45) is 0. The zero-order chi connectivity index (χ0) is 13.1. The maximum atomic E-state index is 14.1. The number of hydrazine groups is 1. The van der Waals surface area contributed by atoms with E-state index in [0.717, 1.165) is 5.56 Å². The molecule has 0 saturated carbocycles. The number of hydrogen-bond acceptors (Lipinski definition) is 2. The van der Waals surface area contributed by atoms with Crippen LogP contribution in [0.15, 0.2) is 42.5 Å². The molecule has 0 spiro atoms. The molecule has 18 heavy (non-hydrogen) atoms. The molecule has 0 radical (unpaired) electrons. The van der Waals surface area contributed by atoms with Gasteiger partial charge in [-0.2, -0.15) is 0 Å². The summed E-state index contributed by atoms with van der Waals surface area (Å²) < 4.78 is 14.1. The number of nitrogens with one attached hydrogen (secondary N) is 1. The van der Waals surface area contributed by atoms with Gasteiger partial charge in [-0.1, -0.05) is 41.9 Å². The van der Waals surface area contributed by atoms with E-state index >= 15 is 0 Å². The van der Waals surface area contributed by atoms with Crippen molar-refractivity contribution >= 4 is 11.6 Å². The first-order valence-electron chi connectivity index (χ1n) is 5.60. The molecule has 0 bridgehead atoms. The van der Waals surface area contributed by atoms with E-state index in [9.17, 15) is 4.39 Å². The van der Waals surface area contributed by atoms with Crippen LogP contribution in [0.4, 0.5) is 4.39 Å². The van der Waals surface area contributed by atoms with Crippen LogP contribution in [-0.2, 0) is 0 Å². The topological polar surface area (TPSA) is 38.0 Å². The van der Waals surface area contributed by atoms with E-state index in [2.05, 4.69) is 5.43 Å². The Morgan fingerprint density at radius 2 is 1.94 bits per heavy atom. The normalized spacial score (nSPS) is 12.4. The van der Waals surface area contributed by atoms with Crippen molar-refractivity contribution in [2.45, 2.75) is 13.0 Å². The van der Waals surface area contributed by atoms with Crippen LogP contribution in [0.2, 0.25) is 5.02 Å². The van der Waals surface area contributed by atoms with Crippen molar-refractivity contribution in [2.75, 3.05) is 0 Å². The fourth-order valence-corrected chi connectivity index (χ4v) is 2.14. The Bertz CT molecular complexity index is 557. The van der Waals surface area contributed by atoms with E-state index in [0.29, 0.717) is 16.1 Å². The molecule has 3 N–H and O–H groups in total. The van der Waals surface area contributed by atoms with Crippen molar-refractivity contribution in [1.29, 1.82) is 0 Å². The second kappa shape index (κ2) is 5.48. The molecule has 94 valence electrons. The average Bonchev–Trinajstić information content (AvgIpc) is 2.35. The van der Waals surface area contributed by atoms with Gasteiger partial charge >= 0.3 is 0 Å². The molecule has 0 aliphatic rings. The largest absolute Gasteiger partial charge is 0.271 e. The molecule has 1 unspecified atom stereocenters. The first-order valence-corrected chi connectivity index (χ1v) is 5.98. The Kier molecular flexibility index (Phi) is 3.97. The first-order chi connectivity index (χ1) is 8.63. The second-order valence-electron chi connectivity index (χ2n) is 4.13. The fourth-order valence-electron chi connectivity index (χ4n) is 1.94. The summed E-state index contributed by atoms with van der Waals surface area (Å²) in [7, 11) is 0. The molecule has 0 aliphatic carbocycles. The highest BCUT2D eigenvalue weighted by atomic mass is 35.5. The number of aryl methyl sites for hydroxylation is 1. The molecule has 0 fully saturated rings. The first kappa shape index (κ1) is 13.0. The van der Waals surface area contributed by atoms with Gasteiger partial charge in [-0.05, 0) is 30.2 Å². The Balaban J connectivity index is 2.49. The molecule has 2 rings (SSSR count). The molecule has 0 aromatic heterocycles. The molecule has 0 aliphatic heterocycles. The van der Waals surface area contributed by atoms with Crippen LogP contribution in [0.5, 0.6) is 0 Å². The fraction of sp³-hybridized carbons (Fsp3) is 0.143. The van der Waals surface area contributed by atoms with Gasteiger partial charge in [-0.3, -0.25) is 5.84 Å². The minimum Gasteiger partial charge on any atom is -0.271 e. The summed E-state index contributed by atoms with van der Waals surface area (Å²) in [6, 6.07) is 12.1. The predicted molar refractivity (Wildman–Crippen MR) is 71.8 cm³/mol. The summed E-state index contributed by atoms with van der Waals surface area (Å²) >= 11 is 5.94. The maximum absolute atomic E-state index is 14.1.